The van der Waals surface area contributed by atoms with Crippen molar-refractivity contribution in [1.82, 2.24) is 4.98 Å². The molecule has 1 aliphatic rings. The molecule has 5 rings (SSSR count). The molecule has 0 fully saturated rings. The first-order chi connectivity index (χ1) is 14.3. The summed E-state index contributed by atoms with van der Waals surface area (Å²) >= 11 is 0. The molecule has 1 atom stereocenters. The highest BCUT2D eigenvalue weighted by Crippen LogP contribution is 2.43. The van der Waals surface area contributed by atoms with Gasteiger partial charge in [0, 0.05) is 12.0 Å². The van der Waals surface area contributed by atoms with Crippen LogP contribution in [0.4, 0.5) is 0 Å². The first kappa shape index (κ1) is 17.8. The van der Waals surface area contributed by atoms with Crippen LogP contribution in [0, 0.1) is 0 Å². The molecule has 1 N–H and O–H groups in total. The van der Waals surface area contributed by atoms with Crippen molar-refractivity contribution in [3.63, 3.8) is 0 Å². The minimum Gasteiger partial charge on any atom is -0.396 e. The van der Waals surface area contributed by atoms with Gasteiger partial charge in [-0.1, -0.05) is 85.0 Å². The molecule has 1 unspecified atom stereocenters. The van der Waals surface area contributed by atoms with Gasteiger partial charge in [0.2, 0.25) is 0 Å². The summed E-state index contributed by atoms with van der Waals surface area (Å²) in [6.07, 6.45) is 10.2. The van der Waals surface area contributed by atoms with Crippen molar-refractivity contribution in [3.8, 4) is 0 Å². The standard InChI is InChI=1S/C27H23NO/c29-18-15-22-19-21-10-3-5-14-25(21)28-26(22)27(16-6-1-7-17-27)24-13-8-11-20-9-2-4-12-23(20)24/h1-14,16,19,29H,15,17-18H2. The highest BCUT2D eigenvalue weighted by Gasteiger charge is 2.36. The third-order valence-corrected chi connectivity index (χ3v) is 5.94. The summed E-state index contributed by atoms with van der Waals surface area (Å²) in [4.78, 5) is 5.18. The molecule has 1 aromatic heterocycles. The van der Waals surface area contributed by atoms with Crippen LogP contribution in [-0.4, -0.2) is 16.7 Å². The summed E-state index contributed by atoms with van der Waals surface area (Å²) in [7, 11) is 0. The second kappa shape index (κ2) is 7.31. The number of rotatable bonds is 4. The van der Waals surface area contributed by atoms with Gasteiger partial charge in [0.25, 0.3) is 0 Å². The second-order valence-corrected chi connectivity index (χ2v) is 7.65. The Kier molecular flexibility index (Phi) is 4.49. The number of aliphatic hydroxyl groups is 1. The fourth-order valence-corrected chi connectivity index (χ4v) is 4.59. The molecule has 0 aliphatic heterocycles. The first-order valence-electron chi connectivity index (χ1n) is 10.1. The minimum absolute atomic E-state index is 0.109. The monoisotopic (exact) mass is 377 g/mol. The zero-order chi connectivity index (χ0) is 19.7. The lowest BCUT2D eigenvalue weighted by atomic mass is 9.69. The summed E-state index contributed by atoms with van der Waals surface area (Å²) in [5.41, 5.74) is 4.05. The molecule has 142 valence electrons. The van der Waals surface area contributed by atoms with E-state index in [9.17, 15) is 5.11 Å². The van der Waals surface area contributed by atoms with E-state index in [1.54, 1.807) is 0 Å². The van der Waals surface area contributed by atoms with Crippen molar-refractivity contribution in [2.24, 2.45) is 0 Å². The smallest absolute Gasteiger partial charge is 0.0706 e. The summed E-state index contributed by atoms with van der Waals surface area (Å²) < 4.78 is 0. The molecule has 3 aromatic carbocycles. The maximum absolute atomic E-state index is 9.78. The largest absolute Gasteiger partial charge is 0.396 e. The molecule has 0 saturated heterocycles. The van der Waals surface area contributed by atoms with E-state index in [2.05, 4.69) is 85.0 Å². The molecule has 1 heterocycles. The minimum atomic E-state index is -0.357. The van der Waals surface area contributed by atoms with E-state index in [1.165, 1.54) is 16.3 Å². The number of hydrogen-bond acceptors (Lipinski definition) is 2. The Balaban J connectivity index is 1.85. The average Bonchev–Trinajstić information content (AvgIpc) is 2.79. The van der Waals surface area contributed by atoms with E-state index in [0.717, 1.165) is 28.6 Å². The van der Waals surface area contributed by atoms with E-state index in [4.69, 9.17) is 4.98 Å². The van der Waals surface area contributed by atoms with Crippen LogP contribution in [0.25, 0.3) is 21.7 Å². The lowest BCUT2D eigenvalue weighted by Crippen LogP contribution is -2.29. The van der Waals surface area contributed by atoms with Gasteiger partial charge in [0.1, 0.15) is 0 Å². The predicted molar refractivity (Wildman–Crippen MR) is 120 cm³/mol. The Morgan fingerprint density at radius 3 is 2.48 bits per heavy atom. The zero-order valence-corrected chi connectivity index (χ0v) is 16.3. The van der Waals surface area contributed by atoms with Crippen molar-refractivity contribution >= 4 is 21.7 Å². The van der Waals surface area contributed by atoms with E-state index >= 15 is 0 Å². The summed E-state index contributed by atoms with van der Waals surface area (Å²) in [5.74, 6) is 0. The van der Waals surface area contributed by atoms with Gasteiger partial charge in [-0.15, -0.1) is 0 Å². The molecule has 0 bridgehead atoms. The van der Waals surface area contributed by atoms with Gasteiger partial charge in [-0.3, -0.25) is 4.98 Å². The number of pyridine rings is 1. The van der Waals surface area contributed by atoms with E-state index in [-0.39, 0.29) is 12.0 Å². The Labute approximate surface area is 170 Å². The molecule has 1 aliphatic carbocycles. The lowest BCUT2D eigenvalue weighted by molar-refractivity contribution is 0.298. The van der Waals surface area contributed by atoms with Crippen molar-refractivity contribution in [2.45, 2.75) is 18.3 Å². The fourth-order valence-electron chi connectivity index (χ4n) is 4.59. The molecular weight excluding hydrogens is 354 g/mol. The predicted octanol–water partition coefficient (Wildman–Crippen LogP) is 5.73. The molecule has 0 saturated carbocycles. The number of para-hydroxylation sites is 1. The number of benzene rings is 3. The van der Waals surface area contributed by atoms with Gasteiger partial charge in [-0.2, -0.15) is 0 Å². The van der Waals surface area contributed by atoms with Crippen LogP contribution in [0.2, 0.25) is 0 Å². The quantitative estimate of drug-likeness (QED) is 0.493. The van der Waals surface area contributed by atoms with E-state index in [0.29, 0.717) is 6.42 Å². The Hall–Kier alpha value is -3.23. The zero-order valence-electron chi connectivity index (χ0n) is 16.3. The molecule has 0 amide bonds. The summed E-state index contributed by atoms with van der Waals surface area (Å²) in [6, 6.07) is 25.5. The molecule has 2 nitrogen and oxygen atoms in total. The molecule has 29 heavy (non-hydrogen) atoms. The number of nitrogens with zero attached hydrogens (tertiary/aromatic N) is 1. The Bertz CT molecular complexity index is 1250. The van der Waals surface area contributed by atoms with Crippen LogP contribution in [-0.2, 0) is 11.8 Å². The number of aliphatic hydroxyl groups excluding tert-OH is 1. The van der Waals surface area contributed by atoms with Crippen molar-refractivity contribution in [3.05, 3.63) is 114 Å². The molecule has 4 aromatic rings. The first-order valence-corrected chi connectivity index (χ1v) is 10.1. The number of fused-ring (bicyclic) bond motifs is 2. The van der Waals surface area contributed by atoms with Gasteiger partial charge in [-0.25, -0.2) is 0 Å². The summed E-state index contributed by atoms with van der Waals surface area (Å²) in [5, 5.41) is 13.4. The molecule has 2 heteroatoms. The highest BCUT2D eigenvalue weighted by atomic mass is 16.2. The van der Waals surface area contributed by atoms with Gasteiger partial charge >= 0.3 is 0 Å². The average molecular weight is 377 g/mol. The van der Waals surface area contributed by atoms with Gasteiger partial charge in [-0.05, 0) is 46.9 Å². The fraction of sp³-hybridized carbons (Fsp3) is 0.148. The third-order valence-electron chi connectivity index (χ3n) is 5.94. The van der Waals surface area contributed by atoms with Gasteiger partial charge in [0.15, 0.2) is 0 Å². The molecule has 0 radical (unpaired) electrons. The highest BCUT2D eigenvalue weighted by molar-refractivity contribution is 5.88. The van der Waals surface area contributed by atoms with Crippen LogP contribution >= 0.6 is 0 Å². The van der Waals surface area contributed by atoms with Crippen LogP contribution in [0.5, 0.6) is 0 Å². The van der Waals surface area contributed by atoms with Crippen LogP contribution in [0.1, 0.15) is 23.2 Å². The molecule has 0 spiro atoms. The number of allylic oxidation sites excluding steroid dienone is 4. The van der Waals surface area contributed by atoms with Gasteiger partial charge < -0.3 is 5.11 Å². The number of aromatic nitrogens is 1. The normalized spacial score (nSPS) is 18.5. The Morgan fingerprint density at radius 1 is 0.862 bits per heavy atom. The van der Waals surface area contributed by atoms with Gasteiger partial charge in [0.05, 0.1) is 16.6 Å². The third kappa shape index (κ3) is 2.97. The Morgan fingerprint density at radius 2 is 1.66 bits per heavy atom. The van der Waals surface area contributed by atoms with Crippen LogP contribution in [0.3, 0.4) is 0 Å². The topological polar surface area (TPSA) is 33.1 Å². The second-order valence-electron chi connectivity index (χ2n) is 7.65. The lowest BCUT2D eigenvalue weighted by Gasteiger charge is -2.34. The molecular formula is C27H23NO. The van der Waals surface area contributed by atoms with E-state index < -0.39 is 0 Å². The van der Waals surface area contributed by atoms with Crippen LogP contribution in [0.15, 0.2) is 97.1 Å². The van der Waals surface area contributed by atoms with Crippen LogP contribution < -0.4 is 0 Å². The number of hydrogen-bond donors (Lipinski definition) is 1. The SMILES string of the molecule is OCCc1cc2ccccc2nc1C1(c2cccc3ccccc23)C=CC=CC1. The van der Waals surface area contributed by atoms with E-state index in [1.807, 2.05) is 12.1 Å². The van der Waals surface area contributed by atoms with Crippen molar-refractivity contribution < 1.29 is 5.11 Å². The van der Waals surface area contributed by atoms with Crippen molar-refractivity contribution in [2.75, 3.05) is 6.61 Å². The maximum Gasteiger partial charge on any atom is 0.0706 e. The van der Waals surface area contributed by atoms with Crippen molar-refractivity contribution in [1.29, 1.82) is 0 Å². The summed E-state index contributed by atoms with van der Waals surface area (Å²) in [6.45, 7) is 0.109. The maximum atomic E-state index is 9.78.